The molecule has 1 fully saturated rings. The predicted molar refractivity (Wildman–Crippen MR) is 79.7 cm³/mol. The standard InChI is InChI=1S/C13H16NO7S2/c15-11-21-9-10-22(16,17)12-1-3-13(4-2-12)23(18,19)14-5-7-20-8-6-14/h1-4H,5-10H2. The van der Waals surface area contributed by atoms with Gasteiger partial charge in [-0.25, -0.2) is 21.6 Å². The number of morpholine rings is 1. The van der Waals surface area contributed by atoms with Gasteiger partial charge in [0, 0.05) is 13.1 Å². The Morgan fingerprint density at radius 1 is 1.04 bits per heavy atom. The molecule has 0 saturated carbocycles. The van der Waals surface area contributed by atoms with Crippen LogP contribution in [0.5, 0.6) is 0 Å². The van der Waals surface area contributed by atoms with Crippen molar-refractivity contribution in [2.75, 3.05) is 38.7 Å². The van der Waals surface area contributed by atoms with Crippen LogP contribution < -0.4 is 0 Å². The Kier molecular flexibility index (Phi) is 5.74. The number of hydrogen-bond acceptors (Lipinski definition) is 7. The first kappa shape index (κ1) is 17.9. The summed E-state index contributed by atoms with van der Waals surface area (Å²) in [7, 11) is -7.31. The quantitative estimate of drug-likeness (QED) is 0.606. The molecule has 0 aromatic heterocycles. The van der Waals surface area contributed by atoms with Crippen LogP contribution in [0.2, 0.25) is 0 Å². The zero-order valence-electron chi connectivity index (χ0n) is 12.2. The van der Waals surface area contributed by atoms with Crippen molar-refractivity contribution in [2.45, 2.75) is 9.79 Å². The van der Waals surface area contributed by atoms with Gasteiger partial charge in [-0.1, -0.05) is 0 Å². The second kappa shape index (κ2) is 7.39. The van der Waals surface area contributed by atoms with Crippen molar-refractivity contribution < 1.29 is 31.1 Å². The minimum Gasteiger partial charge on any atom is -0.456 e. The van der Waals surface area contributed by atoms with E-state index in [1.165, 1.54) is 28.6 Å². The van der Waals surface area contributed by atoms with Crippen molar-refractivity contribution in [3.05, 3.63) is 24.3 Å². The highest BCUT2D eigenvalue weighted by Gasteiger charge is 2.26. The Morgan fingerprint density at radius 3 is 2.17 bits per heavy atom. The smallest absolute Gasteiger partial charge is 0.417 e. The lowest BCUT2D eigenvalue weighted by Crippen LogP contribution is -2.40. The van der Waals surface area contributed by atoms with Gasteiger partial charge in [0.1, 0.15) is 6.61 Å². The van der Waals surface area contributed by atoms with Gasteiger partial charge in [0.2, 0.25) is 10.0 Å². The Labute approximate surface area is 135 Å². The molecule has 2 rings (SSSR count). The van der Waals surface area contributed by atoms with Gasteiger partial charge >= 0.3 is 6.47 Å². The van der Waals surface area contributed by atoms with E-state index in [0.29, 0.717) is 13.2 Å². The van der Waals surface area contributed by atoms with Gasteiger partial charge in [-0.2, -0.15) is 4.31 Å². The number of sulfone groups is 1. The molecule has 1 aliphatic rings. The van der Waals surface area contributed by atoms with Gasteiger partial charge in [-0.3, -0.25) is 0 Å². The maximum Gasteiger partial charge on any atom is 0.417 e. The molecule has 23 heavy (non-hydrogen) atoms. The molecule has 1 heterocycles. The number of nitrogens with zero attached hydrogens (tertiary/aromatic N) is 1. The van der Waals surface area contributed by atoms with Crippen LogP contribution in [0.1, 0.15) is 0 Å². The average Bonchev–Trinajstić information content (AvgIpc) is 2.56. The number of hydrogen-bond donors (Lipinski definition) is 0. The fraction of sp³-hybridized carbons (Fsp3) is 0.462. The maximum absolute atomic E-state index is 12.4. The molecule has 1 aliphatic heterocycles. The summed E-state index contributed by atoms with van der Waals surface area (Å²) in [6, 6.07) is 4.97. The maximum atomic E-state index is 12.4. The van der Waals surface area contributed by atoms with E-state index in [2.05, 4.69) is 4.74 Å². The fourth-order valence-electron chi connectivity index (χ4n) is 2.07. The lowest BCUT2D eigenvalue weighted by atomic mass is 10.4. The Balaban J connectivity index is 2.17. The van der Waals surface area contributed by atoms with Crippen molar-refractivity contribution in [2.24, 2.45) is 0 Å². The minimum atomic E-state index is -3.66. The molecule has 127 valence electrons. The first-order valence-electron chi connectivity index (χ1n) is 6.77. The molecule has 8 nitrogen and oxygen atoms in total. The third-order valence-corrected chi connectivity index (χ3v) is 6.91. The van der Waals surface area contributed by atoms with E-state index >= 15 is 0 Å². The molecule has 1 saturated heterocycles. The summed E-state index contributed by atoms with van der Waals surface area (Å²) in [4.78, 5) is 9.90. The third-order valence-electron chi connectivity index (χ3n) is 3.30. The molecule has 0 aliphatic carbocycles. The Morgan fingerprint density at radius 2 is 1.61 bits per heavy atom. The Bertz CT molecular complexity index is 735. The van der Waals surface area contributed by atoms with Crippen LogP contribution in [0.15, 0.2) is 34.1 Å². The number of carbonyl (C=O) groups excluding carboxylic acids is 1. The van der Waals surface area contributed by atoms with E-state index in [1.807, 2.05) is 0 Å². The molecule has 0 bridgehead atoms. The molecule has 0 unspecified atom stereocenters. The van der Waals surface area contributed by atoms with Crippen molar-refractivity contribution >= 4 is 26.3 Å². The monoisotopic (exact) mass is 362 g/mol. The minimum absolute atomic E-state index is 0.0239. The third kappa shape index (κ3) is 4.28. The summed E-state index contributed by atoms with van der Waals surface area (Å²) in [5, 5.41) is 0. The highest BCUT2D eigenvalue weighted by Crippen LogP contribution is 2.20. The van der Waals surface area contributed by atoms with E-state index in [4.69, 9.17) is 4.74 Å². The van der Waals surface area contributed by atoms with Crippen molar-refractivity contribution in [1.29, 1.82) is 0 Å². The van der Waals surface area contributed by atoms with E-state index in [0.717, 1.165) is 6.47 Å². The number of benzene rings is 1. The zero-order valence-corrected chi connectivity index (χ0v) is 13.8. The van der Waals surface area contributed by atoms with Crippen LogP contribution in [0.4, 0.5) is 0 Å². The van der Waals surface area contributed by atoms with E-state index in [-0.39, 0.29) is 29.5 Å². The number of ether oxygens (including phenoxy) is 2. The second-order valence-electron chi connectivity index (χ2n) is 4.74. The number of rotatable bonds is 7. The second-order valence-corrected chi connectivity index (χ2v) is 8.79. The lowest BCUT2D eigenvalue weighted by Gasteiger charge is -2.26. The fourth-order valence-corrected chi connectivity index (χ4v) is 4.56. The van der Waals surface area contributed by atoms with Crippen LogP contribution in [0.25, 0.3) is 0 Å². The first-order chi connectivity index (χ1) is 10.9. The highest BCUT2D eigenvalue weighted by molar-refractivity contribution is 7.91. The molecule has 0 amide bonds. The number of sulfonamides is 1. The van der Waals surface area contributed by atoms with Crippen LogP contribution in [-0.4, -0.2) is 66.3 Å². The van der Waals surface area contributed by atoms with Crippen molar-refractivity contribution in [3.63, 3.8) is 0 Å². The summed E-state index contributed by atoms with van der Waals surface area (Å²) in [6.07, 6.45) is 0. The molecule has 0 N–H and O–H groups in total. The zero-order chi connectivity index (χ0) is 16.9. The lowest BCUT2D eigenvalue weighted by molar-refractivity contribution is 0.0730. The topological polar surface area (TPSA) is 107 Å². The summed E-state index contributed by atoms with van der Waals surface area (Å²) >= 11 is 0. The molecule has 1 radical (unpaired) electrons. The largest absolute Gasteiger partial charge is 0.456 e. The van der Waals surface area contributed by atoms with Gasteiger partial charge in [0.15, 0.2) is 9.84 Å². The Hall–Kier alpha value is -1.49. The normalized spacial score (nSPS) is 16.9. The van der Waals surface area contributed by atoms with Crippen molar-refractivity contribution in [3.8, 4) is 0 Å². The highest BCUT2D eigenvalue weighted by atomic mass is 32.2. The molecule has 0 spiro atoms. The summed E-state index contributed by atoms with van der Waals surface area (Å²) in [6.45, 7) is 2.04. The molecular weight excluding hydrogens is 346 g/mol. The van der Waals surface area contributed by atoms with Crippen LogP contribution in [0, 0.1) is 0 Å². The average molecular weight is 362 g/mol. The summed E-state index contributed by atoms with van der Waals surface area (Å²) < 4.78 is 59.5. The molecule has 10 heteroatoms. The van der Waals surface area contributed by atoms with Crippen molar-refractivity contribution in [1.82, 2.24) is 4.31 Å². The predicted octanol–water partition coefficient (Wildman–Crippen LogP) is -0.435. The van der Waals surface area contributed by atoms with Gasteiger partial charge in [-0.15, -0.1) is 0 Å². The van der Waals surface area contributed by atoms with Crippen LogP contribution in [0.3, 0.4) is 0 Å². The van der Waals surface area contributed by atoms with E-state index < -0.39 is 25.6 Å². The van der Waals surface area contributed by atoms with Gasteiger partial charge in [-0.05, 0) is 24.3 Å². The van der Waals surface area contributed by atoms with Gasteiger partial charge < -0.3 is 9.47 Å². The van der Waals surface area contributed by atoms with Gasteiger partial charge in [0.05, 0.1) is 28.8 Å². The summed E-state index contributed by atoms with van der Waals surface area (Å²) in [5.41, 5.74) is 0. The van der Waals surface area contributed by atoms with Gasteiger partial charge in [0.25, 0.3) is 0 Å². The molecule has 1 aromatic carbocycles. The molecule has 1 aromatic rings. The van der Waals surface area contributed by atoms with E-state index in [1.54, 1.807) is 0 Å². The molecule has 0 atom stereocenters. The SMILES string of the molecule is O=[C]OCCS(=O)(=O)c1ccc(S(=O)(=O)N2CCOCC2)cc1. The molecular formula is C13H16NO7S2. The van der Waals surface area contributed by atoms with E-state index in [9.17, 15) is 21.6 Å². The first-order valence-corrected chi connectivity index (χ1v) is 9.87. The van der Waals surface area contributed by atoms with Crippen LogP contribution in [-0.2, 0) is 34.1 Å². The van der Waals surface area contributed by atoms with Crippen LogP contribution >= 0.6 is 0 Å². The summed E-state index contributed by atoms with van der Waals surface area (Å²) in [5.74, 6) is -0.391.